The van der Waals surface area contributed by atoms with Crippen molar-refractivity contribution >= 4 is 11.3 Å². The minimum absolute atomic E-state index is 0. The largest absolute Gasteiger partial charge is 1.00 e. The van der Waals surface area contributed by atoms with Crippen molar-refractivity contribution in [2.24, 2.45) is 0 Å². The van der Waals surface area contributed by atoms with Gasteiger partial charge in [-0.15, -0.1) is 11.3 Å². The monoisotopic (exact) mass is 260 g/mol. The highest BCUT2D eigenvalue weighted by molar-refractivity contribution is 7.11. The fraction of sp³-hybridized carbons (Fsp3) is 0.692. The fourth-order valence-electron chi connectivity index (χ4n) is 1.65. The lowest BCUT2D eigenvalue weighted by Crippen LogP contribution is -3.00. The number of hydrogen-bond donors (Lipinski definition) is 1. The van der Waals surface area contributed by atoms with E-state index in [0.717, 1.165) is 6.54 Å². The van der Waals surface area contributed by atoms with Crippen molar-refractivity contribution in [3.8, 4) is 0 Å². The third-order valence-electron chi connectivity index (χ3n) is 2.55. The topological polar surface area (TPSA) is 12.0 Å². The molecule has 1 nitrogen and oxygen atoms in total. The minimum atomic E-state index is 0. The average Bonchev–Trinajstić information content (AvgIpc) is 2.63. The smallest absolute Gasteiger partial charge is 0.0299 e. The van der Waals surface area contributed by atoms with Gasteiger partial charge in [-0.25, -0.2) is 0 Å². The Morgan fingerprint density at radius 3 is 2.50 bits per heavy atom. The van der Waals surface area contributed by atoms with Gasteiger partial charge in [-0.2, -0.15) is 0 Å². The van der Waals surface area contributed by atoms with Crippen LogP contribution in [0, 0.1) is 6.92 Å². The van der Waals surface area contributed by atoms with Gasteiger partial charge >= 0.3 is 0 Å². The standard InChI is InChI=1S/C13H23NS.ClH/c1-3-4-5-6-7-10-14-11-13-9-8-12(2)15-13;/h8-9,14H,3-7,10-11H2,1-2H3;1H/p-1. The summed E-state index contributed by atoms with van der Waals surface area (Å²) in [4.78, 5) is 2.87. The van der Waals surface area contributed by atoms with Gasteiger partial charge in [-0.05, 0) is 32.0 Å². The van der Waals surface area contributed by atoms with Gasteiger partial charge in [-0.1, -0.05) is 32.6 Å². The number of rotatable bonds is 8. The molecule has 0 aliphatic carbocycles. The molecule has 1 N–H and O–H groups in total. The lowest BCUT2D eigenvalue weighted by Gasteiger charge is -2.02. The highest BCUT2D eigenvalue weighted by Gasteiger charge is 1.95. The predicted molar refractivity (Wildman–Crippen MR) is 69.5 cm³/mol. The van der Waals surface area contributed by atoms with Gasteiger partial charge in [0.1, 0.15) is 0 Å². The van der Waals surface area contributed by atoms with Crippen molar-refractivity contribution in [1.82, 2.24) is 5.32 Å². The van der Waals surface area contributed by atoms with Crippen molar-refractivity contribution in [1.29, 1.82) is 0 Å². The third kappa shape index (κ3) is 7.26. The second-order valence-corrected chi connectivity index (χ2v) is 5.48. The molecule has 0 bridgehead atoms. The van der Waals surface area contributed by atoms with Crippen LogP contribution in [0.4, 0.5) is 0 Å². The molecule has 0 amide bonds. The van der Waals surface area contributed by atoms with Crippen LogP contribution in [0.3, 0.4) is 0 Å². The van der Waals surface area contributed by atoms with Crippen molar-refractivity contribution in [2.75, 3.05) is 6.54 Å². The maximum absolute atomic E-state index is 3.50. The number of unbranched alkanes of at least 4 members (excludes halogenated alkanes) is 4. The Balaban J connectivity index is 0.00000225. The van der Waals surface area contributed by atoms with E-state index in [1.165, 1.54) is 48.4 Å². The molecule has 3 heteroatoms. The Bertz CT molecular complexity index is 260. The summed E-state index contributed by atoms with van der Waals surface area (Å²) >= 11 is 1.90. The molecule has 0 saturated heterocycles. The lowest BCUT2D eigenvalue weighted by atomic mass is 10.1. The molecule has 16 heavy (non-hydrogen) atoms. The van der Waals surface area contributed by atoms with E-state index in [1.807, 2.05) is 11.3 Å². The first kappa shape index (κ1) is 16.0. The summed E-state index contributed by atoms with van der Waals surface area (Å²) in [6, 6.07) is 4.42. The van der Waals surface area contributed by atoms with Gasteiger partial charge in [-0.3, -0.25) is 0 Å². The maximum Gasteiger partial charge on any atom is 0.0299 e. The normalized spacial score (nSPS) is 10.1. The molecule has 0 aliphatic heterocycles. The van der Waals surface area contributed by atoms with Crippen LogP contribution in [0.5, 0.6) is 0 Å². The van der Waals surface area contributed by atoms with Crippen LogP contribution >= 0.6 is 11.3 Å². The molecular weight excluding hydrogens is 238 g/mol. The molecule has 94 valence electrons. The van der Waals surface area contributed by atoms with Gasteiger partial charge in [0, 0.05) is 16.3 Å². The summed E-state index contributed by atoms with van der Waals surface area (Å²) in [6.45, 7) is 6.64. The number of halogens is 1. The van der Waals surface area contributed by atoms with Crippen molar-refractivity contribution < 1.29 is 12.4 Å². The Hall–Kier alpha value is -0.0500. The van der Waals surface area contributed by atoms with E-state index < -0.39 is 0 Å². The number of thiophene rings is 1. The van der Waals surface area contributed by atoms with Gasteiger partial charge in [0.15, 0.2) is 0 Å². The SMILES string of the molecule is CCCCCCCNCc1ccc(C)s1.[Cl-]. The van der Waals surface area contributed by atoms with Crippen molar-refractivity contribution in [3.05, 3.63) is 21.9 Å². The van der Waals surface area contributed by atoms with E-state index in [4.69, 9.17) is 0 Å². The highest BCUT2D eigenvalue weighted by atomic mass is 35.5. The second-order valence-electron chi connectivity index (χ2n) is 4.10. The molecule has 0 radical (unpaired) electrons. The van der Waals surface area contributed by atoms with Crippen LogP contribution < -0.4 is 17.7 Å². The second kappa shape index (κ2) is 10.1. The number of aryl methyl sites for hydroxylation is 1. The number of hydrogen-bond acceptors (Lipinski definition) is 2. The molecular formula is C13H23ClNS-. The van der Waals surface area contributed by atoms with Crippen LogP contribution in [0.25, 0.3) is 0 Å². The Kier molecular flexibility index (Phi) is 10.1. The van der Waals surface area contributed by atoms with E-state index in [1.54, 1.807) is 0 Å². The van der Waals surface area contributed by atoms with E-state index >= 15 is 0 Å². The Morgan fingerprint density at radius 1 is 1.12 bits per heavy atom. The quantitative estimate of drug-likeness (QED) is 0.691. The number of nitrogens with one attached hydrogen (secondary N) is 1. The summed E-state index contributed by atoms with van der Waals surface area (Å²) in [5.74, 6) is 0. The van der Waals surface area contributed by atoms with Crippen molar-refractivity contribution in [2.45, 2.75) is 52.5 Å². The van der Waals surface area contributed by atoms with Crippen LogP contribution in [0.2, 0.25) is 0 Å². The zero-order valence-electron chi connectivity index (χ0n) is 10.4. The van der Waals surface area contributed by atoms with Gasteiger partial charge in [0.05, 0.1) is 0 Å². The summed E-state index contributed by atoms with van der Waals surface area (Å²) in [5, 5.41) is 3.50. The van der Waals surface area contributed by atoms with Gasteiger partial charge < -0.3 is 17.7 Å². The molecule has 1 aromatic rings. The first-order valence-corrected chi connectivity index (χ1v) is 6.90. The summed E-state index contributed by atoms with van der Waals surface area (Å²) in [7, 11) is 0. The average molecular weight is 261 g/mol. The Labute approximate surface area is 110 Å². The molecule has 0 atom stereocenters. The highest BCUT2D eigenvalue weighted by Crippen LogP contribution is 2.14. The first-order chi connectivity index (χ1) is 7.33. The molecule has 0 aromatic carbocycles. The summed E-state index contributed by atoms with van der Waals surface area (Å²) < 4.78 is 0. The fourth-order valence-corrected chi connectivity index (χ4v) is 2.51. The van der Waals surface area contributed by atoms with Gasteiger partial charge in [0.2, 0.25) is 0 Å². The predicted octanol–water partition coefficient (Wildman–Crippen LogP) is 1.12. The summed E-state index contributed by atoms with van der Waals surface area (Å²) in [5.41, 5.74) is 0. The molecule has 0 unspecified atom stereocenters. The van der Waals surface area contributed by atoms with E-state index in [0.29, 0.717) is 0 Å². The van der Waals surface area contributed by atoms with Crippen LogP contribution in [-0.4, -0.2) is 6.54 Å². The zero-order chi connectivity index (χ0) is 10.9. The maximum atomic E-state index is 3.50. The molecule has 0 fully saturated rings. The molecule has 0 saturated carbocycles. The molecule has 1 rings (SSSR count). The van der Waals surface area contributed by atoms with Crippen LogP contribution in [0.1, 0.15) is 48.8 Å². The van der Waals surface area contributed by atoms with Crippen LogP contribution in [0.15, 0.2) is 12.1 Å². The van der Waals surface area contributed by atoms with E-state index in [9.17, 15) is 0 Å². The Morgan fingerprint density at radius 2 is 1.88 bits per heavy atom. The van der Waals surface area contributed by atoms with Crippen molar-refractivity contribution in [3.63, 3.8) is 0 Å². The van der Waals surface area contributed by atoms with E-state index in [-0.39, 0.29) is 12.4 Å². The van der Waals surface area contributed by atoms with Crippen LogP contribution in [-0.2, 0) is 6.54 Å². The van der Waals surface area contributed by atoms with Gasteiger partial charge in [0.25, 0.3) is 0 Å². The molecule has 1 aromatic heterocycles. The lowest BCUT2D eigenvalue weighted by molar-refractivity contribution is -0.00000326. The summed E-state index contributed by atoms with van der Waals surface area (Å²) in [6.07, 6.45) is 6.83. The first-order valence-electron chi connectivity index (χ1n) is 6.09. The third-order valence-corrected chi connectivity index (χ3v) is 3.55. The molecule has 1 heterocycles. The minimum Gasteiger partial charge on any atom is -1.00 e. The molecule has 0 spiro atoms. The zero-order valence-corrected chi connectivity index (χ0v) is 12.0. The van der Waals surface area contributed by atoms with E-state index in [2.05, 4.69) is 31.3 Å². The molecule has 0 aliphatic rings.